The largest absolute Gasteiger partial charge is 0.493 e. The molecule has 2 aliphatic heterocycles. The second-order valence-corrected chi connectivity index (χ2v) is 9.52. The Balaban J connectivity index is 1.47. The number of para-hydroxylation sites is 1. The third-order valence-corrected chi connectivity index (χ3v) is 7.05. The molecule has 9 heteroatoms. The van der Waals surface area contributed by atoms with Crippen LogP contribution in [0.25, 0.3) is 0 Å². The summed E-state index contributed by atoms with van der Waals surface area (Å²) in [5.74, 6) is -0.307. The van der Waals surface area contributed by atoms with Crippen LogP contribution in [-0.4, -0.2) is 75.0 Å². The Morgan fingerprint density at radius 3 is 2.32 bits per heavy atom. The summed E-state index contributed by atoms with van der Waals surface area (Å²) in [6, 6.07) is 11.6. The van der Waals surface area contributed by atoms with E-state index in [1.54, 1.807) is 12.1 Å². The minimum atomic E-state index is -0.582. The van der Waals surface area contributed by atoms with E-state index in [1.807, 2.05) is 24.0 Å². The molecular weight excluding hydrogens is 470 g/mol. The summed E-state index contributed by atoms with van der Waals surface area (Å²) in [6.07, 6.45) is 2.16. The quantitative estimate of drug-likeness (QED) is 0.479. The van der Waals surface area contributed by atoms with Gasteiger partial charge < -0.3 is 30.5 Å². The lowest BCUT2D eigenvalue weighted by Gasteiger charge is -2.38. The van der Waals surface area contributed by atoms with Crippen LogP contribution in [0.15, 0.2) is 36.4 Å². The summed E-state index contributed by atoms with van der Waals surface area (Å²) in [5.41, 5.74) is 9.50. The van der Waals surface area contributed by atoms with Crippen LogP contribution in [-0.2, 0) is 4.79 Å². The molecule has 0 spiro atoms. The Bertz CT molecular complexity index is 1140. The van der Waals surface area contributed by atoms with Crippen LogP contribution in [0, 0.1) is 6.92 Å². The third-order valence-electron chi connectivity index (χ3n) is 7.05. The zero-order chi connectivity index (χ0) is 26.4. The van der Waals surface area contributed by atoms with Crippen molar-refractivity contribution in [2.45, 2.75) is 33.1 Å². The van der Waals surface area contributed by atoms with Crippen molar-refractivity contribution in [2.24, 2.45) is 5.73 Å². The van der Waals surface area contributed by atoms with Gasteiger partial charge >= 0.3 is 0 Å². The van der Waals surface area contributed by atoms with Crippen molar-refractivity contribution in [3.05, 3.63) is 53.1 Å². The number of aryl methyl sites for hydroxylation is 1. The summed E-state index contributed by atoms with van der Waals surface area (Å²) in [4.78, 5) is 43.6. The van der Waals surface area contributed by atoms with Crippen molar-refractivity contribution in [2.75, 3.05) is 62.2 Å². The number of piperazine rings is 1. The molecule has 3 amide bonds. The molecule has 198 valence electrons. The Morgan fingerprint density at radius 2 is 1.70 bits per heavy atom. The molecule has 4 rings (SSSR count). The van der Waals surface area contributed by atoms with Gasteiger partial charge in [-0.25, -0.2) is 0 Å². The molecule has 9 nitrogen and oxygen atoms in total. The van der Waals surface area contributed by atoms with Crippen molar-refractivity contribution in [1.29, 1.82) is 0 Å². The first-order valence-corrected chi connectivity index (χ1v) is 13.1. The van der Waals surface area contributed by atoms with Crippen LogP contribution >= 0.6 is 0 Å². The van der Waals surface area contributed by atoms with Crippen LogP contribution in [0.1, 0.15) is 52.5 Å². The Labute approximate surface area is 218 Å². The number of carbonyl (C=O) groups is 3. The first-order valence-electron chi connectivity index (χ1n) is 13.1. The predicted octanol–water partition coefficient (Wildman–Crippen LogP) is 2.56. The van der Waals surface area contributed by atoms with E-state index in [2.05, 4.69) is 34.2 Å². The molecule has 2 aliphatic rings. The highest BCUT2D eigenvalue weighted by molar-refractivity contribution is 6.04. The fraction of sp³-hybridized carbons (Fsp3) is 0.464. The van der Waals surface area contributed by atoms with Crippen molar-refractivity contribution < 1.29 is 19.1 Å². The third kappa shape index (κ3) is 6.15. The number of primary amides is 1. The summed E-state index contributed by atoms with van der Waals surface area (Å²) in [5, 5.41) is 2.90. The standard InChI is InChI=1S/C28H37N5O4/c1-3-37-25-19-24(32-16-14-31(15-17-32)23-9-5-4-8-20(23)2)21(27(29)35)18-22(25)28(36)30-11-7-13-33-12-6-10-26(33)34/h4-5,8-9,18-19H,3,6-7,10-17H2,1-2H3,(H2,29,35)(H,30,36). The van der Waals surface area contributed by atoms with E-state index >= 15 is 0 Å². The fourth-order valence-corrected chi connectivity index (χ4v) is 5.09. The molecule has 0 radical (unpaired) electrons. The SMILES string of the molecule is CCOc1cc(N2CCN(c3ccccc3C)CC2)c(C(N)=O)cc1C(=O)NCCCN1CCCC1=O. The second kappa shape index (κ2) is 12.0. The smallest absolute Gasteiger partial charge is 0.255 e. The molecule has 2 aromatic rings. The predicted molar refractivity (Wildman–Crippen MR) is 144 cm³/mol. The minimum absolute atomic E-state index is 0.173. The normalized spacial score (nSPS) is 15.7. The first kappa shape index (κ1) is 26.3. The van der Waals surface area contributed by atoms with Crippen LogP contribution < -0.4 is 25.6 Å². The molecule has 37 heavy (non-hydrogen) atoms. The van der Waals surface area contributed by atoms with Crippen molar-refractivity contribution in [3.63, 3.8) is 0 Å². The number of hydrogen-bond donors (Lipinski definition) is 2. The van der Waals surface area contributed by atoms with Gasteiger partial charge in [-0.3, -0.25) is 14.4 Å². The maximum atomic E-state index is 13.1. The van der Waals surface area contributed by atoms with Crippen LogP contribution in [0.4, 0.5) is 11.4 Å². The maximum Gasteiger partial charge on any atom is 0.255 e. The van der Waals surface area contributed by atoms with Crippen molar-refractivity contribution in [1.82, 2.24) is 10.2 Å². The second-order valence-electron chi connectivity index (χ2n) is 9.52. The Morgan fingerprint density at radius 1 is 1.00 bits per heavy atom. The highest BCUT2D eigenvalue weighted by Gasteiger charge is 2.26. The maximum absolute atomic E-state index is 13.1. The molecule has 0 saturated carbocycles. The zero-order valence-electron chi connectivity index (χ0n) is 21.8. The van der Waals surface area contributed by atoms with Crippen LogP contribution in [0.2, 0.25) is 0 Å². The van der Waals surface area contributed by atoms with E-state index in [1.165, 1.54) is 11.3 Å². The number of hydrogen-bond acceptors (Lipinski definition) is 6. The molecule has 0 atom stereocenters. The average molecular weight is 508 g/mol. The van der Waals surface area contributed by atoms with Crippen molar-refractivity contribution in [3.8, 4) is 5.75 Å². The summed E-state index contributed by atoms with van der Waals surface area (Å²) in [6.45, 7) is 9.19. The van der Waals surface area contributed by atoms with Crippen molar-refractivity contribution >= 4 is 29.1 Å². The van der Waals surface area contributed by atoms with Gasteiger partial charge in [-0.1, -0.05) is 18.2 Å². The number of nitrogens with one attached hydrogen (secondary N) is 1. The molecule has 0 unspecified atom stereocenters. The number of benzene rings is 2. The lowest BCUT2D eigenvalue weighted by molar-refractivity contribution is -0.127. The zero-order valence-corrected chi connectivity index (χ0v) is 21.8. The number of ether oxygens (including phenoxy) is 1. The fourth-order valence-electron chi connectivity index (χ4n) is 5.09. The van der Waals surface area contributed by atoms with Gasteiger partial charge in [0.25, 0.3) is 11.8 Å². The molecule has 2 aromatic carbocycles. The van der Waals surface area contributed by atoms with Gasteiger partial charge in [0.2, 0.25) is 5.91 Å². The number of anilines is 2. The topological polar surface area (TPSA) is 108 Å². The number of rotatable bonds is 10. The molecule has 2 fully saturated rings. The Kier molecular flexibility index (Phi) is 8.53. The summed E-state index contributed by atoms with van der Waals surface area (Å²) in [7, 11) is 0. The number of likely N-dealkylation sites (tertiary alicyclic amines) is 1. The van der Waals surface area contributed by atoms with E-state index in [9.17, 15) is 14.4 Å². The van der Waals surface area contributed by atoms with E-state index < -0.39 is 5.91 Å². The molecule has 0 aromatic heterocycles. The van der Waals surface area contributed by atoms with Gasteiger partial charge in [0, 0.05) is 64.0 Å². The van der Waals surface area contributed by atoms with E-state index in [0.29, 0.717) is 62.6 Å². The Hall–Kier alpha value is -3.75. The monoisotopic (exact) mass is 507 g/mol. The number of amides is 3. The van der Waals surface area contributed by atoms with E-state index in [-0.39, 0.29) is 17.4 Å². The van der Waals surface area contributed by atoms with Gasteiger partial charge in [-0.15, -0.1) is 0 Å². The molecule has 2 heterocycles. The lowest BCUT2D eigenvalue weighted by Crippen LogP contribution is -2.47. The van der Waals surface area contributed by atoms with Gasteiger partial charge in [0.1, 0.15) is 5.75 Å². The minimum Gasteiger partial charge on any atom is -0.493 e. The number of carbonyl (C=O) groups excluding carboxylic acids is 3. The van der Waals surface area contributed by atoms with Gasteiger partial charge in [0.15, 0.2) is 0 Å². The highest BCUT2D eigenvalue weighted by Crippen LogP contribution is 2.32. The molecule has 2 saturated heterocycles. The lowest BCUT2D eigenvalue weighted by atomic mass is 10.0. The van der Waals surface area contributed by atoms with Crippen LogP contribution in [0.5, 0.6) is 5.75 Å². The summed E-state index contributed by atoms with van der Waals surface area (Å²) < 4.78 is 5.83. The summed E-state index contributed by atoms with van der Waals surface area (Å²) >= 11 is 0. The van der Waals surface area contributed by atoms with Gasteiger partial charge in [0.05, 0.1) is 23.4 Å². The number of nitrogens with zero attached hydrogens (tertiary/aromatic N) is 3. The molecular formula is C28H37N5O4. The average Bonchev–Trinajstić information content (AvgIpc) is 3.31. The molecule has 0 aliphatic carbocycles. The molecule has 0 bridgehead atoms. The van der Waals surface area contributed by atoms with Crippen LogP contribution in [0.3, 0.4) is 0 Å². The van der Waals surface area contributed by atoms with E-state index in [4.69, 9.17) is 10.5 Å². The molecule has 3 N–H and O–H groups in total. The first-order chi connectivity index (χ1) is 17.9. The van der Waals surface area contributed by atoms with Gasteiger partial charge in [-0.05, 0) is 44.4 Å². The number of nitrogens with two attached hydrogens (primary N) is 1. The van der Waals surface area contributed by atoms with E-state index in [0.717, 1.165) is 26.1 Å². The van der Waals surface area contributed by atoms with Gasteiger partial charge in [-0.2, -0.15) is 0 Å². The highest BCUT2D eigenvalue weighted by atomic mass is 16.5.